The molecule has 0 aliphatic heterocycles. The van der Waals surface area contributed by atoms with Gasteiger partial charge in [-0.15, -0.1) is 0 Å². The fourth-order valence-electron chi connectivity index (χ4n) is 2.61. The van der Waals surface area contributed by atoms with E-state index in [2.05, 4.69) is 10.6 Å². The van der Waals surface area contributed by atoms with Crippen molar-refractivity contribution in [3.63, 3.8) is 0 Å². The number of carboxylic acid groups (broad SMARTS) is 1. The van der Waals surface area contributed by atoms with Crippen molar-refractivity contribution < 1.29 is 23.9 Å². The molecule has 0 saturated carbocycles. The van der Waals surface area contributed by atoms with Crippen molar-refractivity contribution in [1.29, 1.82) is 0 Å². The van der Waals surface area contributed by atoms with Crippen LogP contribution in [0.4, 0.5) is 10.5 Å². The van der Waals surface area contributed by atoms with Crippen molar-refractivity contribution in [3.8, 4) is 11.5 Å². The zero-order valence-electron chi connectivity index (χ0n) is 15.8. The number of anilines is 1. The van der Waals surface area contributed by atoms with Gasteiger partial charge in [0.05, 0.1) is 33.7 Å². The Hall–Kier alpha value is -3.06. The second-order valence-electron chi connectivity index (χ2n) is 7.28. The molecule has 144 valence electrons. The number of urea groups is 1. The summed E-state index contributed by atoms with van der Waals surface area (Å²) in [5.41, 5.74) is 0.574. The molecule has 0 saturated heterocycles. The first kappa shape index (κ1) is 20.3. The first-order chi connectivity index (χ1) is 12.7. The van der Waals surface area contributed by atoms with Crippen LogP contribution < -0.4 is 20.5 Å². The first-order valence-electron chi connectivity index (χ1n) is 8.62. The van der Waals surface area contributed by atoms with Gasteiger partial charge in [0.2, 0.25) is 0 Å². The average Bonchev–Trinajstić information content (AvgIpc) is 2.55. The number of carbonyl (C=O) groups is 2. The van der Waals surface area contributed by atoms with E-state index >= 15 is 0 Å². The Balaban J connectivity index is 1.92. The fraction of sp³-hybridized carbons (Fsp3) is 0.300. The monoisotopic (exact) mass is 371 g/mol. The maximum Gasteiger partial charge on any atom is 0.319 e. The third-order valence-corrected chi connectivity index (χ3v) is 3.61. The lowest BCUT2D eigenvalue weighted by Crippen LogP contribution is -2.51. The van der Waals surface area contributed by atoms with Crippen molar-refractivity contribution in [2.75, 3.05) is 33.0 Å². The van der Waals surface area contributed by atoms with Crippen molar-refractivity contribution in [1.82, 2.24) is 5.32 Å². The Morgan fingerprint density at radius 3 is 2.15 bits per heavy atom. The lowest BCUT2D eigenvalue weighted by atomic mass is 10.2. The maximum absolute atomic E-state index is 12.2. The molecule has 0 bridgehead atoms. The van der Waals surface area contributed by atoms with Crippen LogP contribution >= 0.6 is 0 Å². The third-order valence-electron chi connectivity index (χ3n) is 3.61. The highest BCUT2D eigenvalue weighted by Crippen LogP contribution is 2.22. The molecule has 2 aromatic rings. The predicted octanol–water partition coefficient (Wildman–Crippen LogP) is 1.82. The molecule has 7 heteroatoms. The molecule has 27 heavy (non-hydrogen) atoms. The molecule has 0 aliphatic rings. The Morgan fingerprint density at radius 1 is 1.00 bits per heavy atom. The number of rotatable bonds is 8. The van der Waals surface area contributed by atoms with E-state index in [9.17, 15) is 14.7 Å². The van der Waals surface area contributed by atoms with Gasteiger partial charge in [0.25, 0.3) is 0 Å². The van der Waals surface area contributed by atoms with E-state index in [1.54, 1.807) is 24.3 Å². The highest BCUT2D eigenvalue weighted by atomic mass is 16.5. The van der Waals surface area contributed by atoms with Gasteiger partial charge in [-0.3, -0.25) is 0 Å². The quantitative estimate of drug-likeness (QED) is 0.693. The molecule has 0 aromatic heterocycles. The summed E-state index contributed by atoms with van der Waals surface area (Å²) in [5.74, 6) is 0.171. The van der Waals surface area contributed by atoms with Crippen LogP contribution in [-0.2, 0) is 4.79 Å². The van der Waals surface area contributed by atoms with Gasteiger partial charge in [0, 0.05) is 18.1 Å². The summed E-state index contributed by atoms with van der Waals surface area (Å²) in [6.45, 7) is 0.464. The molecular formula is C20H25N3O4. The Labute approximate surface area is 159 Å². The van der Waals surface area contributed by atoms with Crippen LogP contribution in [0.2, 0.25) is 0 Å². The first-order valence-corrected chi connectivity index (χ1v) is 8.62. The molecular weight excluding hydrogens is 346 g/mol. The summed E-state index contributed by atoms with van der Waals surface area (Å²) in [7, 11) is 5.77. The number of para-hydroxylation sites is 1. The molecule has 0 fully saturated rings. The molecule has 2 rings (SSSR count). The van der Waals surface area contributed by atoms with Crippen LogP contribution in [0.5, 0.6) is 11.5 Å². The number of nitrogens with one attached hydrogen (secondary N) is 2. The molecule has 0 radical (unpaired) electrons. The van der Waals surface area contributed by atoms with Crippen molar-refractivity contribution >= 4 is 17.7 Å². The summed E-state index contributed by atoms with van der Waals surface area (Å²) in [6.07, 6.45) is -0.243. The molecule has 0 spiro atoms. The third kappa shape index (κ3) is 7.79. The molecule has 0 aliphatic carbocycles. The highest BCUT2D eigenvalue weighted by molar-refractivity contribution is 5.89. The van der Waals surface area contributed by atoms with Gasteiger partial charge >= 0.3 is 6.03 Å². The minimum Gasteiger partial charge on any atom is -0.550 e. The van der Waals surface area contributed by atoms with E-state index in [1.807, 2.05) is 51.5 Å². The Morgan fingerprint density at radius 2 is 1.59 bits per heavy atom. The summed E-state index contributed by atoms with van der Waals surface area (Å²) >= 11 is 0. The number of hydrogen-bond donors (Lipinski definition) is 2. The summed E-state index contributed by atoms with van der Waals surface area (Å²) < 4.78 is 6.22. The van der Waals surface area contributed by atoms with E-state index < -0.39 is 18.0 Å². The summed E-state index contributed by atoms with van der Waals surface area (Å²) in [4.78, 5) is 23.1. The van der Waals surface area contributed by atoms with Crippen molar-refractivity contribution in [3.05, 3.63) is 54.6 Å². The summed E-state index contributed by atoms with van der Waals surface area (Å²) in [6, 6.07) is 15.3. The molecule has 2 amide bonds. The number of nitrogens with zero attached hydrogens (tertiary/aromatic N) is 1. The van der Waals surface area contributed by atoms with Crippen LogP contribution in [0.1, 0.15) is 6.42 Å². The number of benzene rings is 2. The van der Waals surface area contributed by atoms with Gasteiger partial charge in [-0.05, 0) is 36.4 Å². The number of quaternary nitrogens is 1. The SMILES string of the molecule is C[N+](C)(C)C[C@@H](CC(=O)[O-])NC(=O)Nc1ccc(Oc2ccccc2)cc1. The van der Waals surface area contributed by atoms with E-state index in [1.165, 1.54) is 0 Å². The molecule has 0 unspecified atom stereocenters. The van der Waals surface area contributed by atoms with Crippen LogP contribution in [-0.4, -0.2) is 50.2 Å². The Bertz CT molecular complexity index is 755. The zero-order valence-corrected chi connectivity index (χ0v) is 15.8. The lowest BCUT2D eigenvalue weighted by Gasteiger charge is -2.30. The van der Waals surface area contributed by atoms with E-state index in [0.29, 0.717) is 22.5 Å². The number of likely N-dealkylation sites (N-methyl/N-ethyl adjacent to an activating group) is 1. The van der Waals surface area contributed by atoms with Gasteiger partial charge in [0.15, 0.2) is 0 Å². The fourth-order valence-corrected chi connectivity index (χ4v) is 2.61. The van der Waals surface area contributed by atoms with Gasteiger partial charge < -0.3 is 29.8 Å². The van der Waals surface area contributed by atoms with Gasteiger partial charge in [-0.2, -0.15) is 0 Å². The molecule has 2 N–H and O–H groups in total. The number of carbonyl (C=O) groups excluding carboxylic acids is 2. The molecule has 7 nitrogen and oxygen atoms in total. The van der Waals surface area contributed by atoms with Crippen LogP contribution in [0.15, 0.2) is 54.6 Å². The zero-order chi connectivity index (χ0) is 19.9. The predicted molar refractivity (Wildman–Crippen MR) is 101 cm³/mol. The van der Waals surface area contributed by atoms with Gasteiger partial charge in [-0.1, -0.05) is 18.2 Å². The second kappa shape index (κ2) is 9.05. The topological polar surface area (TPSA) is 90.5 Å². The molecule has 0 heterocycles. The standard InChI is InChI=1S/C20H25N3O4/c1-23(2,3)14-16(13-19(24)25)22-20(26)21-15-9-11-18(12-10-15)27-17-7-5-4-6-8-17/h4-12,16H,13-14H2,1-3H3,(H2-,21,22,24,25,26)/t16-/m1/s1. The van der Waals surface area contributed by atoms with Crippen LogP contribution in [0.3, 0.4) is 0 Å². The summed E-state index contributed by atoms with van der Waals surface area (Å²) in [5, 5.41) is 16.3. The van der Waals surface area contributed by atoms with Gasteiger partial charge in [0.1, 0.15) is 11.5 Å². The smallest absolute Gasteiger partial charge is 0.319 e. The second-order valence-corrected chi connectivity index (χ2v) is 7.28. The normalized spacial score (nSPS) is 12.1. The average molecular weight is 371 g/mol. The van der Waals surface area contributed by atoms with Crippen molar-refractivity contribution in [2.45, 2.75) is 12.5 Å². The van der Waals surface area contributed by atoms with Gasteiger partial charge in [-0.25, -0.2) is 4.79 Å². The Kier molecular flexibility index (Phi) is 6.79. The molecule has 1 atom stereocenters. The van der Waals surface area contributed by atoms with Crippen LogP contribution in [0, 0.1) is 0 Å². The maximum atomic E-state index is 12.2. The number of carboxylic acids is 1. The number of aliphatic carboxylic acids is 1. The largest absolute Gasteiger partial charge is 0.550 e. The number of amides is 2. The van der Waals surface area contributed by atoms with Crippen molar-refractivity contribution in [2.24, 2.45) is 0 Å². The minimum absolute atomic E-state index is 0.243. The van der Waals surface area contributed by atoms with E-state index in [0.717, 1.165) is 5.75 Å². The number of hydrogen-bond acceptors (Lipinski definition) is 4. The highest BCUT2D eigenvalue weighted by Gasteiger charge is 2.20. The lowest BCUT2D eigenvalue weighted by molar-refractivity contribution is -0.871. The van der Waals surface area contributed by atoms with E-state index in [-0.39, 0.29) is 6.42 Å². The molecule has 2 aromatic carbocycles. The van der Waals surface area contributed by atoms with Crippen LogP contribution in [0.25, 0.3) is 0 Å². The van der Waals surface area contributed by atoms with E-state index in [4.69, 9.17) is 4.74 Å². The minimum atomic E-state index is -1.20. The number of ether oxygens (including phenoxy) is 1.